The number of halogens is 2. The molecule has 2 aromatic rings. The lowest BCUT2D eigenvalue weighted by Gasteiger charge is -2.09. The average Bonchev–Trinajstić information content (AvgIpc) is 2.41. The van der Waals surface area contributed by atoms with Gasteiger partial charge < -0.3 is 5.11 Å². The standard InChI is InChI=1S/C12H8FIN2O4S/c13-9-6-15-4-3-11(9)16-21(19,20)7-1-2-10(14)8(5-7)12(17)18/h1-6H,(H,15,16)(H,17,18). The molecule has 1 aromatic carbocycles. The van der Waals surface area contributed by atoms with Gasteiger partial charge in [-0.2, -0.15) is 0 Å². The second-order valence-corrected chi connectivity index (χ2v) is 6.75. The van der Waals surface area contributed by atoms with Crippen molar-refractivity contribution in [2.24, 2.45) is 0 Å². The Labute approximate surface area is 133 Å². The van der Waals surface area contributed by atoms with Gasteiger partial charge in [0.05, 0.1) is 22.3 Å². The van der Waals surface area contributed by atoms with Gasteiger partial charge in [-0.1, -0.05) is 0 Å². The minimum Gasteiger partial charge on any atom is -0.478 e. The summed E-state index contributed by atoms with van der Waals surface area (Å²) in [6.07, 6.45) is 2.10. The number of nitrogens with zero attached hydrogens (tertiary/aromatic N) is 1. The Morgan fingerprint density at radius 2 is 2.05 bits per heavy atom. The Kier molecular flexibility index (Phi) is 4.42. The quantitative estimate of drug-likeness (QED) is 0.738. The monoisotopic (exact) mass is 422 g/mol. The number of pyridine rings is 1. The predicted octanol–water partition coefficient (Wildman–Crippen LogP) is 2.32. The van der Waals surface area contributed by atoms with Crippen molar-refractivity contribution >= 4 is 44.3 Å². The van der Waals surface area contributed by atoms with Crippen LogP contribution in [-0.2, 0) is 10.0 Å². The zero-order chi connectivity index (χ0) is 15.6. The highest BCUT2D eigenvalue weighted by Crippen LogP contribution is 2.21. The number of carboxylic acid groups (broad SMARTS) is 1. The number of hydrogen-bond acceptors (Lipinski definition) is 4. The van der Waals surface area contributed by atoms with Crippen molar-refractivity contribution in [2.75, 3.05) is 4.72 Å². The van der Waals surface area contributed by atoms with Gasteiger partial charge >= 0.3 is 5.97 Å². The molecule has 0 saturated heterocycles. The average molecular weight is 422 g/mol. The van der Waals surface area contributed by atoms with Crippen molar-refractivity contribution in [3.05, 3.63) is 51.6 Å². The van der Waals surface area contributed by atoms with Crippen LogP contribution in [0.25, 0.3) is 0 Å². The van der Waals surface area contributed by atoms with E-state index < -0.39 is 21.8 Å². The van der Waals surface area contributed by atoms with E-state index in [1.165, 1.54) is 18.3 Å². The van der Waals surface area contributed by atoms with Gasteiger partial charge in [-0.05, 0) is 46.9 Å². The van der Waals surface area contributed by atoms with Crippen LogP contribution in [0.15, 0.2) is 41.6 Å². The Morgan fingerprint density at radius 1 is 1.33 bits per heavy atom. The fourth-order valence-electron chi connectivity index (χ4n) is 1.50. The highest BCUT2D eigenvalue weighted by atomic mass is 127. The molecule has 0 saturated carbocycles. The van der Waals surface area contributed by atoms with Crippen LogP contribution in [0.1, 0.15) is 10.4 Å². The van der Waals surface area contributed by atoms with Crippen LogP contribution in [0.4, 0.5) is 10.1 Å². The molecule has 0 spiro atoms. The summed E-state index contributed by atoms with van der Waals surface area (Å²) < 4.78 is 40.2. The van der Waals surface area contributed by atoms with E-state index >= 15 is 0 Å². The number of rotatable bonds is 4. The Bertz CT molecular complexity index is 811. The van der Waals surface area contributed by atoms with Crippen molar-refractivity contribution in [1.82, 2.24) is 4.98 Å². The zero-order valence-electron chi connectivity index (χ0n) is 10.2. The molecule has 1 heterocycles. The largest absolute Gasteiger partial charge is 0.478 e. The molecule has 0 bridgehead atoms. The molecule has 0 aliphatic carbocycles. The lowest BCUT2D eigenvalue weighted by atomic mass is 10.2. The first-order valence-electron chi connectivity index (χ1n) is 5.46. The Hall–Kier alpha value is -1.75. The van der Waals surface area contributed by atoms with Gasteiger partial charge in [-0.15, -0.1) is 0 Å². The number of aromatic carboxylic acids is 1. The van der Waals surface area contributed by atoms with Gasteiger partial charge in [0, 0.05) is 9.77 Å². The van der Waals surface area contributed by atoms with Crippen molar-refractivity contribution in [2.45, 2.75) is 4.90 Å². The van der Waals surface area contributed by atoms with Crippen LogP contribution in [0.2, 0.25) is 0 Å². The zero-order valence-corrected chi connectivity index (χ0v) is 13.2. The van der Waals surface area contributed by atoms with Gasteiger partial charge in [-0.3, -0.25) is 9.71 Å². The number of anilines is 1. The third-order valence-electron chi connectivity index (χ3n) is 2.50. The molecule has 1 aromatic heterocycles. The first kappa shape index (κ1) is 15.6. The van der Waals surface area contributed by atoms with E-state index in [1.54, 1.807) is 22.6 Å². The molecular formula is C12H8FIN2O4S. The maximum absolute atomic E-state index is 13.4. The van der Waals surface area contributed by atoms with E-state index in [0.717, 1.165) is 18.3 Å². The molecule has 0 unspecified atom stereocenters. The van der Waals surface area contributed by atoms with E-state index in [1.807, 2.05) is 0 Å². The molecule has 6 nitrogen and oxygen atoms in total. The number of sulfonamides is 1. The van der Waals surface area contributed by atoms with Gasteiger partial charge in [0.2, 0.25) is 0 Å². The molecule has 0 fully saturated rings. The highest BCUT2D eigenvalue weighted by Gasteiger charge is 2.19. The summed E-state index contributed by atoms with van der Waals surface area (Å²) in [7, 11) is -4.09. The molecule has 2 rings (SSSR count). The number of aromatic nitrogens is 1. The summed E-state index contributed by atoms with van der Waals surface area (Å²) in [5, 5.41) is 9.00. The first-order chi connectivity index (χ1) is 9.81. The summed E-state index contributed by atoms with van der Waals surface area (Å²) in [5.74, 6) is -2.07. The van der Waals surface area contributed by atoms with Gasteiger partial charge in [-0.25, -0.2) is 17.6 Å². The number of carbonyl (C=O) groups is 1. The summed E-state index contributed by atoms with van der Waals surface area (Å²) >= 11 is 1.79. The predicted molar refractivity (Wildman–Crippen MR) is 81.1 cm³/mol. The molecule has 0 atom stereocenters. The summed E-state index contributed by atoms with van der Waals surface area (Å²) in [6, 6.07) is 4.79. The second kappa shape index (κ2) is 5.93. The minimum atomic E-state index is -4.09. The van der Waals surface area contributed by atoms with E-state index in [9.17, 15) is 17.6 Å². The van der Waals surface area contributed by atoms with Crippen LogP contribution >= 0.6 is 22.6 Å². The van der Waals surface area contributed by atoms with Gasteiger partial charge in [0.15, 0.2) is 5.82 Å². The van der Waals surface area contributed by atoms with Crippen LogP contribution in [0.5, 0.6) is 0 Å². The lowest BCUT2D eigenvalue weighted by molar-refractivity contribution is 0.0695. The molecule has 110 valence electrons. The lowest BCUT2D eigenvalue weighted by Crippen LogP contribution is -2.15. The molecular weight excluding hydrogens is 414 g/mol. The normalized spacial score (nSPS) is 11.1. The molecule has 0 radical (unpaired) electrons. The second-order valence-electron chi connectivity index (χ2n) is 3.91. The van der Waals surface area contributed by atoms with Crippen molar-refractivity contribution in [1.29, 1.82) is 0 Å². The molecule has 0 aliphatic rings. The SMILES string of the molecule is O=C(O)c1cc(S(=O)(=O)Nc2ccncc2F)ccc1I. The van der Waals surface area contributed by atoms with E-state index in [-0.39, 0.29) is 16.1 Å². The maximum atomic E-state index is 13.4. The fraction of sp³-hybridized carbons (Fsp3) is 0. The van der Waals surface area contributed by atoms with Crippen molar-refractivity contribution in [3.8, 4) is 0 Å². The number of benzene rings is 1. The van der Waals surface area contributed by atoms with E-state index in [0.29, 0.717) is 3.57 Å². The summed E-state index contributed by atoms with van der Waals surface area (Å²) in [4.78, 5) is 14.3. The molecule has 9 heteroatoms. The van der Waals surface area contributed by atoms with Gasteiger partial charge in [0.1, 0.15) is 0 Å². The number of nitrogens with one attached hydrogen (secondary N) is 1. The smallest absolute Gasteiger partial charge is 0.336 e. The first-order valence-corrected chi connectivity index (χ1v) is 8.02. The molecule has 0 amide bonds. The van der Waals surface area contributed by atoms with Crippen LogP contribution in [0, 0.1) is 9.39 Å². The van der Waals surface area contributed by atoms with Crippen LogP contribution < -0.4 is 4.72 Å². The topological polar surface area (TPSA) is 96.4 Å². The van der Waals surface area contributed by atoms with E-state index in [4.69, 9.17) is 5.11 Å². The van der Waals surface area contributed by atoms with Crippen LogP contribution in [-0.4, -0.2) is 24.5 Å². The minimum absolute atomic E-state index is 0.145. The summed E-state index contributed by atoms with van der Waals surface area (Å²) in [6.45, 7) is 0. The van der Waals surface area contributed by atoms with E-state index in [2.05, 4.69) is 9.71 Å². The fourth-order valence-corrected chi connectivity index (χ4v) is 3.16. The third-order valence-corrected chi connectivity index (χ3v) is 4.80. The summed E-state index contributed by atoms with van der Waals surface area (Å²) in [5.41, 5.74) is -0.408. The Morgan fingerprint density at radius 3 is 2.67 bits per heavy atom. The van der Waals surface area contributed by atoms with Crippen molar-refractivity contribution in [3.63, 3.8) is 0 Å². The third kappa shape index (κ3) is 3.47. The number of hydrogen-bond donors (Lipinski definition) is 2. The Balaban J connectivity index is 2.43. The van der Waals surface area contributed by atoms with Crippen molar-refractivity contribution < 1.29 is 22.7 Å². The molecule has 2 N–H and O–H groups in total. The molecule has 0 aliphatic heterocycles. The number of carboxylic acids is 1. The van der Waals surface area contributed by atoms with Crippen LogP contribution in [0.3, 0.4) is 0 Å². The van der Waals surface area contributed by atoms with Gasteiger partial charge in [0.25, 0.3) is 10.0 Å². The maximum Gasteiger partial charge on any atom is 0.336 e. The highest BCUT2D eigenvalue weighted by molar-refractivity contribution is 14.1. The molecule has 21 heavy (non-hydrogen) atoms.